The minimum absolute atomic E-state index is 0.0701. The molecule has 0 aliphatic heterocycles. The number of ether oxygens (including phenoxy) is 19. The van der Waals surface area contributed by atoms with Crippen LogP contribution in [0.25, 0.3) is 0 Å². The molecule has 0 saturated heterocycles. The summed E-state index contributed by atoms with van der Waals surface area (Å²) in [5, 5.41) is 21.9. The third-order valence-corrected chi connectivity index (χ3v) is 13.9. The van der Waals surface area contributed by atoms with E-state index < -0.39 is 53.6 Å². The Morgan fingerprint density at radius 3 is 0.682 bits per heavy atom. The molecule has 40 nitrogen and oxygen atoms in total. The van der Waals surface area contributed by atoms with Gasteiger partial charge >= 0.3 is 5.97 Å². The first-order chi connectivity index (χ1) is 52.3. The molecular weight excluding hydrogens is 1420 g/mol. The highest BCUT2D eigenvalue weighted by atomic mass is 16.6. The summed E-state index contributed by atoms with van der Waals surface area (Å²) in [6.07, 6.45) is 3.85. The Kier molecular flexibility index (Phi) is 75.7. The second-order valence-corrected chi connectivity index (χ2v) is 22.8. The summed E-state index contributed by atoms with van der Waals surface area (Å²) in [6, 6.07) is -2.69. The number of carbonyl (C=O) groups excluding carboxylic acids is 9. The highest BCUT2D eigenvalue weighted by Gasteiger charge is 2.24. The molecule has 0 fully saturated rings. The molecule has 0 aromatic heterocycles. The number of hydrogen-bond acceptors (Lipinski definition) is 32. The summed E-state index contributed by atoms with van der Waals surface area (Å²) in [5.41, 5.74) is 21.5. The maximum Gasteiger partial charge on any atom is 0.328 e. The molecule has 0 rings (SSSR count). The number of methoxy groups -OCH3 is 1. The van der Waals surface area contributed by atoms with Gasteiger partial charge < -0.3 is 155 Å². The van der Waals surface area contributed by atoms with Crippen molar-refractivity contribution in [2.45, 2.75) is 75.9 Å². The van der Waals surface area contributed by atoms with Crippen LogP contribution in [0.2, 0.25) is 0 Å². The highest BCUT2D eigenvalue weighted by Crippen LogP contribution is 2.06. The summed E-state index contributed by atoms with van der Waals surface area (Å²) in [7, 11) is 1.21. The van der Waals surface area contributed by atoms with Gasteiger partial charge in [0.25, 0.3) is 0 Å². The number of unbranched alkanes of at least 4 members (excludes halogenated alkanes) is 3. The Morgan fingerprint density at radius 1 is 0.234 bits per heavy atom. The lowest BCUT2D eigenvalue weighted by Gasteiger charge is -2.19. The van der Waals surface area contributed by atoms with Crippen LogP contribution in [-0.4, -0.2) is 375 Å². The van der Waals surface area contributed by atoms with E-state index in [0.717, 1.165) is 0 Å². The SMILES string of the molecule is COC(=O)C(CCCCNC(=O)COCCOCCOCCNC(=O)C(CCCCNC(=O)COCCOCCOCCN)NC(=O)COCCOCCOCCN)NC(=O)COCCOCCOCCNC(=O)C(CCCCNC(=O)COCCOCCOCCN)NC(=O)COCCOCCOCCN. The van der Waals surface area contributed by atoms with Crippen LogP contribution in [0.15, 0.2) is 0 Å². The lowest BCUT2D eigenvalue weighted by molar-refractivity contribution is -0.146. The molecule has 40 heteroatoms. The number of rotatable bonds is 83. The van der Waals surface area contributed by atoms with Gasteiger partial charge in [-0.15, -0.1) is 0 Å². The smallest absolute Gasteiger partial charge is 0.328 e. The Morgan fingerprint density at radius 2 is 0.439 bits per heavy atom. The van der Waals surface area contributed by atoms with E-state index in [1.807, 2.05) is 0 Å². The second-order valence-electron chi connectivity index (χ2n) is 22.8. The molecule has 8 amide bonds. The fourth-order valence-electron chi connectivity index (χ4n) is 8.59. The maximum absolute atomic E-state index is 13.2. The van der Waals surface area contributed by atoms with E-state index in [1.165, 1.54) is 7.11 Å². The van der Waals surface area contributed by atoms with E-state index in [2.05, 4.69) is 42.5 Å². The van der Waals surface area contributed by atoms with Crippen LogP contribution in [-0.2, 0) is 133 Å². The fraction of sp³-hybridized carbons (Fsp3) is 0.866. The Balaban J connectivity index is 4.46. The molecule has 0 saturated carbocycles. The van der Waals surface area contributed by atoms with Gasteiger partial charge in [0.2, 0.25) is 47.3 Å². The van der Waals surface area contributed by atoms with Crippen LogP contribution in [0.3, 0.4) is 0 Å². The van der Waals surface area contributed by atoms with Gasteiger partial charge in [0.05, 0.1) is 205 Å². The lowest BCUT2D eigenvalue weighted by Crippen LogP contribution is -2.48. The van der Waals surface area contributed by atoms with E-state index in [0.29, 0.717) is 183 Å². The molecule has 0 aromatic rings. The van der Waals surface area contributed by atoms with Gasteiger partial charge in [0, 0.05) is 58.9 Å². The van der Waals surface area contributed by atoms with Crippen LogP contribution in [0, 0.1) is 0 Å². The summed E-state index contributed by atoms with van der Waals surface area (Å²) in [6.45, 7) is 10.0. The predicted octanol–water partition coefficient (Wildman–Crippen LogP) is -6.16. The molecule has 0 aromatic carbocycles. The van der Waals surface area contributed by atoms with E-state index in [9.17, 15) is 43.2 Å². The van der Waals surface area contributed by atoms with Crippen LogP contribution in [0.4, 0.5) is 0 Å². The summed E-state index contributed by atoms with van der Waals surface area (Å²) in [4.78, 5) is 114. The summed E-state index contributed by atoms with van der Waals surface area (Å²) >= 11 is 0. The number of amides is 8. The molecular formula is C67H130N12O28. The van der Waals surface area contributed by atoms with E-state index in [4.69, 9.17) is 113 Å². The first kappa shape index (κ1) is 101. The van der Waals surface area contributed by atoms with Gasteiger partial charge in [-0.2, -0.15) is 0 Å². The van der Waals surface area contributed by atoms with E-state index in [-0.39, 0.29) is 189 Å². The zero-order valence-corrected chi connectivity index (χ0v) is 63.2. The molecule has 0 aliphatic carbocycles. The molecule has 0 aliphatic rings. The average Bonchev–Trinajstić information content (AvgIpc) is 0.949. The maximum atomic E-state index is 13.2. The number of nitrogens with two attached hydrogens (primary N) is 4. The normalized spacial score (nSPS) is 12.1. The van der Waals surface area contributed by atoms with Crippen LogP contribution >= 0.6 is 0 Å². The minimum atomic E-state index is -0.938. The van der Waals surface area contributed by atoms with Gasteiger partial charge in [0.1, 0.15) is 57.8 Å². The molecule has 0 spiro atoms. The van der Waals surface area contributed by atoms with Crippen molar-refractivity contribution in [2.24, 2.45) is 22.9 Å². The number of carbonyl (C=O) groups is 9. The summed E-state index contributed by atoms with van der Waals surface area (Å²) in [5.74, 6) is -3.93. The third kappa shape index (κ3) is 71.7. The van der Waals surface area contributed by atoms with Crippen molar-refractivity contribution in [2.75, 3.05) is 304 Å². The predicted molar refractivity (Wildman–Crippen MR) is 385 cm³/mol. The molecule has 0 heterocycles. The number of esters is 1. The standard InChI is InChI=1S/C67H130N12O28/c1-89-67(88)58(79-64(85)55-107-49-43-101-37-31-95-25-19-76-66(87)57(78-63(84)54-106-48-42-99-35-29-93-23-14-71)9-3-6-16-73-60(81)51-103-45-39-97-33-27-91-21-12-69)10-4-7-17-74-61(82)52-104-46-40-100-36-30-94-24-18-75-65(86)56(77-62(83)53-105-47-41-98-34-28-92-22-13-70)8-2-5-15-72-59(80)50-102-44-38-96-32-26-90-20-11-68/h56-58H,2-55,68-71H2,1H3,(H,72,80)(H,73,81)(H,74,82)(H,75,86)(H,76,87)(H,77,83)(H,78,84)(H,79,85). The second kappa shape index (κ2) is 79.9. The first-order valence-corrected chi connectivity index (χ1v) is 36.8. The van der Waals surface area contributed by atoms with Crippen molar-refractivity contribution in [3.63, 3.8) is 0 Å². The quantitative estimate of drug-likeness (QED) is 0.0199. The lowest BCUT2D eigenvalue weighted by atomic mass is 10.1. The third-order valence-electron chi connectivity index (χ3n) is 13.9. The van der Waals surface area contributed by atoms with Gasteiger partial charge in [-0.1, -0.05) is 0 Å². The number of hydrogen-bond donors (Lipinski definition) is 12. The Bertz CT molecular complexity index is 2170. The summed E-state index contributed by atoms with van der Waals surface area (Å²) < 4.78 is 102. The van der Waals surface area contributed by atoms with Crippen LogP contribution in [0.1, 0.15) is 57.8 Å². The highest BCUT2D eigenvalue weighted by molar-refractivity contribution is 5.89. The van der Waals surface area contributed by atoms with Crippen molar-refractivity contribution in [3.05, 3.63) is 0 Å². The molecule has 0 bridgehead atoms. The van der Waals surface area contributed by atoms with Crippen molar-refractivity contribution in [1.82, 2.24) is 42.5 Å². The Hall–Kier alpha value is -5.65. The largest absolute Gasteiger partial charge is 0.467 e. The fourth-order valence-corrected chi connectivity index (χ4v) is 8.59. The molecule has 3 unspecified atom stereocenters. The first-order valence-electron chi connectivity index (χ1n) is 36.8. The van der Waals surface area contributed by atoms with E-state index in [1.54, 1.807) is 0 Å². The average molecular weight is 1550 g/mol. The van der Waals surface area contributed by atoms with Crippen molar-refractivity contribution in [3.8, 4) is 0 Å². The van der Waals surface area contributed by atoms with E-state index >= 15 is 0 Å². The molecule has 107 heavy (non-hydrogen) atoms. The van der Waals surface area contributed by atoms with Gasteiger partial charge in [-0.3, -0.25) is 38.4 Å². The number of nitrogens with one attached hydrogen (secondary N) is 8. The zero-order chi connectivity index (χ0) is 78.2. The monoisotopic (exact) mass is 1550 g/mol. The molecule has 3 atom stereocenters. The Labute approximate surface area is 629 Å². The molecule has 16 N–H and O–H groups in total. The molecule has 626 valence electrons. The van der Waals surface area contributed by atoms with Gasteiger partial charge in [-0.05, 0) is 57.8 Å². The minimum Gasteiger partial charge on any atom is -0.467 e. The van der Waals surface area contributed by atoms with Gasteiger partial charge in [-0.25, -0.2) is 4.79 Å². The van der Waals surface area contributed by atoms with Gasteiger partial charge in [0.15, 0.2) is 0 Å². The van der Waals surface area contributed by atoms with Crippen LogP contribution in [0.5, 0.6) is 0 Å². The van der Waals surface area contributed by atoms with Crippen molar-refractivity contribution < 1.29 is 133 Å². The van der Waals surface area contributed by atoms with Crippen LogP contribution < -0.4 is 65.5 Å². The topological polar surface area (TPSA) is 529 Å². The molecule has 0 radical (unpaired) electrons. The van der Waals surface area contributed by atoms with Crippen molar-refractivity contribution in [1.29, 1.82) is 0 Å². The zero-order valence-electron chi connectivity index (χ0n) is 63.2. The van der Waals surface area contributed by atoms with Crippen molar-refractivity contribution >= 4 is 53.2 Å².